The van der Waals surface area contributed by atoms with Crippen molar-refractivity contribution in [2.24, 2.45) is 0 Å². The minimum atomic E-state index is 0.367. The molecule has 5 heteroatoms. The summed E-state index contributed by atoms with van der Waals surface area (Å²) in [5.41, 5.74) is 8.34. The third kappa shape index (κ3) is 1.75. The molecule has 0 saturated carbocycles. The van der Waals surface area contributed by atoms with Gasteiger partial charge in [0.25, 0.3) is 0 Å². The van der Waals surface area contributed by atoms with E-state index in [0.717, 1.165) is 11.1 Å². The minimum absolute atomic E-state index is 0.367. The number of pyridine rings is 1. The third-order valence-corrected chi connectivity index (χ3v) is 3.11. The Kier molecular flexibility index (Phi) is 2.77. The number of para-hydroxylation sites is 1. The molecule has 98 valence electrons. The maximum absolute atomic E-state index is 9.20. The summed E-state index contributed by atoms with van der Waals surface area (Å²) >= 11 is 0. The first-order valence-corrected chi connectivity index (χ1v) is 6.05. The van der Waals surface area contributed by atoms with Crippen LogP contribution < -0.4 is 10.5 Å². The number of methoxy groups -OCH3 is 1. The van der Waals surface area contributed by atoms with Crippen molar-refractivity contribution in [1.82, 2.24) is 9.38 Å². The Balaban J connectivity index is 2.37. The molecular weight excluding hydrogens is 252 g/mol. The topological polar surface area (TPSA) is 76.3 Å². The van der Waals surface area contributed by atoms with Crippen molar-refractivity contribution in [1.29, 1.82) is 5.26 Å². The number of ether oxygens (including phenoxy) is 1. The van der Waals surface area contributed by atoms with Gasteiger partial charge in [0.2, 0.25) is 0 Å². The molecule has 0 spiro atoms. The van der Waals surface area contributed by atoms with E-state index in [0.29, 0.717) is 23.0 Å². The van der Waals surface area contributed by atoms with Gasteiger partial charge in [-0.05, 0) is 24.3 Å². The molecule has 0 fully saturated rings. The van der Waals surface area contributed by atoms with E-state index < -0.39 is 0 Å². The van der Waals surface area contributed by atoms with Crippen LogP contribution in [0.4, 0.5) is 5.69 Å². The average Bonchev–Trinajstić information content (AvgIpc) is 2.84. The van der Waals surface area contributed by atoms with Crippen molar-refractivity contribution in [2.45, 2.75) is 0 Å². The highest BCUT2D eigenvalue weighted by molar-refractivity contribution is 5.73. The molecule has 0 bridgehead atoms. The number of hydrogen-bond donors (Lipinski definition) is 1. The summed E-state index contributed by atoms with van der Waals surface area (Å²) in [5, 5.41) is 9.20. The van der Waals surface area contributed by atoms with Gasteiger partial charge in [-0.2, -0.15) is 5.26 Å². The van der Waals surface area contributed by atoms with Crippen LogP contribution in [0.25, 0.3) is 16.9 Å². The Hall–Kier alpha value is -3.00. The summed E-state index contributed by atoms with van der Waals surface area (Å²) in [4.78, 5) is 4.39. The van der Waals surface area contributed by atoms with Crippen LogP contribution in [0.15, 0.2) is 42.6 Å². The Bertz CT molecular complexity index is 829. The van der Waals surface area contributed by atoms with Crippen molar-refractivity contribution in [3.63, 3.8) is 0 Å². The van der Waals surface area contributed by atoms with Crippen molar-refractivity contribution in [3.8, 4) is 23.2 Å². The fourth-order valence-electron chi connectivity index (χ4n) is 2.20. The van der Waals surface area contributed by atoms with E-state index in [9.17, 15) is 5.26 Å². The van der Waals surface area contributed by atoms with Crippen LogP contribution >= 0.6 is 0 Å². The Labute approximate surface area is 115 Å². The fraction of sp³-hybridized carbons (Fsp3) is 0.0667. The molecule has 2 aromatic heterocycles. The molecule has 0 radical (unpaired) electrons. The molecule has 5 nitrogen and oxygen atoms in total. The molecule has 0 aliphatic rings. The Morgan fingerprint density at radius 2 is 2.05 bits per heavy atom. The van der Waals surface area contributed by atoms with E-state index >= 15 is 0 Å². The van der Waals surface area contributed by atoms with Gasteiger partial charge in [-0.3, -0.25) is 4.40 Å². The first kappa shape index (κ1) is 12.1. The highest BCUT2D eigenvalue weighted by Crippen LogP contribution is 2.30. The van der Waals surface area contributed by atoms with Gasteiger partial charge in [0.1, 0.15) is 17.6 Å². The predicted octanol–water partition coefficient (Wildman–Crippen LogP) is 2.46. The second-order valence-corrected chi connectivity index (χ2v) is 4.31. The Morgan fingerprint density at radius 1 is 1.25 bits per heavy atom. The van der Waals surface area contributed by atoms with Gasteiger partial charge < -0.3 is 10.5 Å². The smallest absolute Gasteiger partial charge is 0.166 e. The van der Waals surface area contributed by atoms with E-state index in [-0.39, 0.29) is 0 Å². The van der Waals surface area contributed by atoms with Crippen LogP contribution in [0.3, 0.4) is 0 Å². The average molecular weight is 264 g/mol. The number of nitrogens with two attached hydrogens (primary N) is 1. The van der Waals surface area contributed by atoms with Crippen LogP contribution in [0.5, 0.6) is 5.75 Å². The summed E-state index contributed by atoms with van der Waals surface area (Å²) in [6.07, 6.45) is 1.75. The number of nitrogens with zero attached hydrogens (tertiary/aromatic N) is 3. The van der Waals surface area contributed by atoms with E-state index in [1.807, 2.05) is 28.7 Å². The fourth-order valence-corrected chi connectivity index (χ4v) is 2.20. The number of benzene rings is 1. The third-order valence-electron chi connectivity index (χ3n) is 3.11. The number of hydrogen-bond acceptors (Lipinski definition) is 4. The van der Waals surface area contributed by atoms with Gasteiger partial charge >= 0.3 is 0 Å². The van der Waals surface area contributed by atoms with Crippen LogP contribution in [0, 0.1) is 11.3 Å². The summed E-state index contributed by atoms with van der Waals surface area (Å²) in [5.74, 6) is 1.34. The normalized spacial score (nSPS) is 10.4. The molecule has 0 amide bonds. The highest BCUT2D eigenvalue weighted by Gasteiger charge is 2.15. The van der Waals surface area contributed by atoms with E-state index in [1.165, 1.54) is 0 Å². The molecular formula is C15H12N4O. The van der Waals surface area contributed by atoms with Crippen molar-refractivity contribution >= 4 is 11.2 Å². The lowest BCUT2D eigenvalue weighted by Crippen LogP contribution is -1.95. The number of rotatable bonds is 2. The number of nitriles is 1. The zero-order valence-corrected chi connectivity index (χ0v) is 10.9. The van der Waals surface area contributed by atoms with E-state index in [1.54, 1.807) is 25.4 Å². The van der Waals surface area contributed by atoms with Crippen molar-refractivity contribution < 1.29 is 4.74 Å². The van der Waals surface area contributed by atoms with Gasteiger partial charge in [-0.1, -0.05) is 12.1 Å². The van der Waals surface area contributed by atoms with Gasteiger partial charge in [0.15, 0.2) is 5.69 Å². The number of nitrogen functional groups attached to an aromatic ring is 1. The first-order chi connectivity index (χ1) is 9.74. The number of anilines is 1. The molecule has 0 atom stereocenters. The molecule has 20 heavy (non-hydrogen) atoms. The van der Waals surface area contributed by atoms with E-state index in [4.69, 9.17) is 10.5 Å². The molecule has 0 unspecified atom stereocenters. The van der Waals surface area contributed by atoms with Crippen LogP contribution in [-0.2, 0) is 0 Å². The molecule has 3 rings (SSSR count). The van der Waals surface area contributed by atoms with Crippen LogP contribution in [-0.4, -0.2) is 16.5 Å². The standard InChI is InChI=1S/C15H12N4O/c1-20-14-5-3-2-4-11(14)15-18-12(8-16)13-7-6-10(17)9-19(13)15/h2-7,9H,17H2,1H3. The molecule has 3 aromatic rings. The van der Waals surface area contributed by atoms with Crippen molar-refractivity contribution in [2.75, 3.05) is 12.8 Å². The quantitative estimate of drug-likeness (QED) is 0.771. The van der Waals surface area contributed by atoms with Crippen molar-refractivity contribution in [3.05, 3.63) is 48.3 Å². The molecule has 0 aliphatic carbocycles. The Morgan fingerprint density at radius 3 is 2.80 bits per heavy atom. The summed E-state index contributed by atoms with van der Waals surface area (Å²) in [6.45, 7) is 0. The number of imidazole rings is 1. The molecule has 1 aromatic carbocycles. The number of fused-ring (bicyclic) bond motifs is 1. The maximum atomic E-state index is 9.20. The highest BCUT2D eigenvalue weighted by atomic mass is 16.5. The lowest BCUT2D eigenvalue weighted by Gasteiger charge is -2.07. The zero-order valence-electron chi connectivity index (χ0n) is 10.9. The molecule has 0 aliphatic heterocycles. The van der Waals surface area contributed by atoms with Crippen LogP contribution in [0.1, 0.15) is 5.69 Å². The summed E-state index contributed by atoms with van der Waals surface area (Å²) in [7, 11) is 1.61. The largest absolute Gasteiger partial charge is 0.496 e. The lowest BCUT2D eigenvalue weighted by molar-refractivity contribution is 0.416. The SMILES string of the molecule is COc1ccccc1-c1nc(C#N)c2ccc(N)cn12. The van der Waals surface area contributed by atoms with Gasteiger partial charge in [-0.25, -0.2) is 4.98 Å². The monoisotopic (exact) mass is 264 g/mol. The minimum Gasteiger partial charge on any atom is -0.496 e. The summed E-state index contributed by atoms with van der Waals surface area (Å²) < 4.78 is 7.17. The van der Waals surface area contributed by atoms with Crippen LogP contribution in [0.2, 0.25) is 0 Å². The molecule has 2 heterocycles. The predicted molar refractivity (Wildman–Crippen MR) is 76.3 cm³/mol. The second-order valence-electron chi connectivity index (χ2n) is 4.31. The zero-order chi connectivity index (χ0) is 14.1. The lowest BCUT2D eigenvalue weighted by atomic mass is 10.2. The first-order valence-electron chi connectivity index (χ1n) is 6.05. The van der Waals surface area contributed by atoms with Gasteiger partial charge in [-0.15, -0.1) is 0 Å². The molecule has 2 N–H and O–H groups in total. The van der Waals surface area contributed by atoms with E-state index in [2.05, 4.69) is 11.1 Å². The summed E-state index contributed by atoms with van der Waals surface area (Å²) in [6, 6.07) is 13.2. The second kappa shape index (κ2) is 4.59. The molecule has 0 saturated heterocycles. The van der Waals surface area contributed by atoms with Gasteiger partial charge in [0.05, 0.1) is 18.2 Å². The number of aromatic nitrogens is 2. The van der Waals surface area contributed by atoms with Gasteiger partial charge in [0, 0.05) is 11.9 Å². The maximum Gasteiger partial charge on any atom is 0.166 e.